The zero-order chi connectivity index (χ0) is 14.6. The van der Waals surface area contributed by atoms with Crippen molar-refractivity contribution in [2.45, 2.75) is 50.9 Å². The van der Waals surface area contributed by atoms with Crippen LogP contribution in [0.1, 0.15) is 20.3 Å². The monoisotopic (exact) mass is 277 g/mol. The maximum Gasteiger partial charge on any atom is 0.220 e. The van der Waals surface area contributed by atoms with Crippen molar-refractivity contribution in [1.29, 1.82) is 0 Å². The van der Waals surface area contributed by atoms with E-state index in [2.05, 4.69) is 5.32 Å². The van der Waals surface area contributed by atoms with Crippen LogP contribution in [-0.2, 0) is 14.3 Å². The summed E-state index contributed by atoms with van der Waals surface area (Å²) >= 11 is 0. The lowest BCUT2D eigenvalue weighted by Gasteiger charge is -2.41. The summed E-state index contributed by atoms with van der Waals surface area (Å²) in [5.41, 5.74) is 0. The molecule has 0 spiro atoms. The Morgan fingerprint density at radius 3 is 2.47 bits per heavy atom. The standard InChI is InChI=1S/C12H23NO6/c1-6(2)4-8(15)13-9-11(17)10(16)7(5-14)19-12(9)18-3/h6-7,9-12,14,16-17H,4-5H2,1-3H3,(H,13,15)/t7-,9-,10-,11-,12-/m1/s1. The molecule has 0 aromatic carbocycles. The van der Waals surface area contributed by atoms with E-state index < -0.39 is 37.3 Å². The second kappa shape index (κ2) is 7.16. The lowest BCUT2D eigenvalue weighted by Crippen LogP contribution is -2.64. The molecule has 7 nitrogen and oxygen atoms in total. The molecule has 1 fully saturated rings. The Kier molecular flexibility index (Phi) is 6.15. The van der Waals surface area contributed by atoms with Crippen LogP contribution in [0.3, 0.4) is 0 Å². The van der Waals surface area contributed by atoms with Gasteiger partial charge < -0.3 is 30.1 Å². The van der Waals surface area contributed by atoms with Crippen molar-refractivity contribution in [2.24, 2.45) is 5.92 Å². The number of rotatable bonds is 5. The van der Waals surface area contributed by atoms with Crippen molar-refractivity contribution in [3.8, 4) is 0 Å². The number of methoxy groups -OCH3 is 1. The summed E-state index contributed by atoms with van der Waals surface area (Å²) in [5.74, 6) is -0.0721. The van der Waals surface area contributed by atoms with Gasteiger partial charge in [0.2, 0.25) is 5.91 Å². The first-order valence-electron chi connectivity index (χ1n) is 6.35. The van der Waals surface area contributed by atoms with Gasteiger partial charge in [0.1, 0.15) is 24.4 Å². The molecule has 0 aliphatic carbocycles. The minimum atomic E-state index is -1.28. The molecule has 0 unspecified atom stereocenters. The van der Waals surface area contributed by atoms with Gasteiger partial charge in [-0.15, -0.1) is 0 Å². The summed E-state index contributed by atoms with van der Waals surface area (Å²) in [6.07, 6.45) is -4.07. The molecule has 1 amide bonds. The van der Waals surface area contributed by atoms with Gasteiger partial charge in [0.25, 0.3) is 0 Å². The van der Waals surface area contributed by atoms with Gasteiger partial charge in [-0.2, -0.15) is 0 Å². The average Bonchev–Trinajstić information content (AvgIpc) is 2.34. The minimum Gasteiger partial charge on any atom is -0.394 e. The number of amides is 1. The molecule has 0 aromatic rings. The number of hydrogen-bond donors (Lipinski definition) is 4. The van der Waals surface area contributed by atoms with Crippen LogP contribution in [0.2, 0.25) is 0 Å². The molecule has 0 radical (unpaired) electrons. The van der Waals surface area contributed by atoms with Crippen LogP contribution in [0.25, 0.3) is 0 Å². The molecule has 0 aromatic heterocycles. The largest absolute Gasteiger partial charge is 0.394 e. The lowest BCUT2D eigenvalue weighted by atomic mass is 9.96. The maximum absolute atomic E-state index is 11.7. The van der Waals surface area contributed by atoms with Gasteiger partial charge in [-0.05, 0) is 5.92 Å². The van der Waals surface area contributed by atoms with E-state index in [0.717, 1.165) is 0 Å². The predicted octanol–water partition coefficient (Wildman–Crippen LogP) is -1.40. The number of carbonyl (C=O) groups is 1. The van der Waals surface area contributed by atoms with Crippen molar-refractivity contribution in [3.05, 3.63) is 0 Å². The Bertz CT molecular complexity index is 296. The van der Waals surface area contributed by atoms with Gasteiger partial charge >= 0.3 is 0 Å². The van der Waals surface area contributed by atoms with E-state index >= 15 is 0 Å². The third-order valence-corrected chi connectivity index (χ3v) is 3.03. The molecule has 1 rings (SSSR count). The van der Waals surface area contributed by atoms with Crippen LogP contribution in [0, 0.1) is 5.92 Å². The number of nitrogens with one attached hydrogen (secondary N) is 1. The highest BCUT2D eigenvalue weighted by Crippen LogP contribution is 2.21. The molecular weight excluding hydrogens is 254 g/mol. The maximum atomic E-state index is 11.7. The van der Waals surface area contributed by atoms with Crippen molar-refractivity contribution >= 4 is 5.91 Å². The predicted molar refractivity (Wildman–Crippen MR) is 66.2 cm³/mol. The van der Waals surface area contributed by atoms with Gasteiger partial charge in [0, 0.05) is 13.5 Å². The molecule has 19 heavy (non-hydrogen) atoms. The van der Waals surface area contributed by atoms with Crippen LogP contribution in [-0.4, -0.2) is 65.6 Å². The Hall–Kier alpha value is -0.730. The molecule has 1 aliphatic heterocycles. The van der Waals surface area contributed by atoms with Crippen LogP contribution in [0.5, 0.6) is 0 Å². The van der Waals surface area contributed by atoms with Gasteiger partial charge in [0.15, 0.2) is 6.29 Å². The lowest BCUT2D eigenvalue weighted by molar-refractivity contribution is -0.262. The number of ether oxygens (including phenoxy) is 2. The quantitative estimate of drug-likeness (QED) is 0.492. The summed E-state index contributed by atoms with van der Waals surface area (Å²) in [6.45, 7) is 3.36. The van der Waals surface area contributed by atoms with Gasteiger partial charge in [-0.1, -0.05) is 13.8 Å². The van der Waals surface area contributed by atoms with Crippen LogP contribution in [0.4, 0.5) is 0 Å². The summed E-state index contributed by atoms with van der Waals surface area (Å²) in [7, 11) is 1.37. The van der Waals surface area contributed by atoms with Gasteiger partial charge in [-0.3, -0.25) is 4.79 Å². The van der Waals surface area contributed by atoms with Crippen molar-refractivity contribution in [2.75, 3.05) is 13.7 Å². The molecule has 0 bridgehead atoms. The summed E-state index contributed by atoms with van der Waals surface area (Å²) < 4.78 is 10.3. The first-order valence-corrected chi connectivity index (χ1v) is 6.35. The number of aliphatic hydroxyl groups excluding tert-OH is 3. The van der Waals surface area contributed by atoms with E-state index in [4.69, 9.17) is 14.6 Å². The third-order valence-electron chi connectivity index (χ3n) is 3.03. The second-order valence-corrected chi connectivity index (χ2v) is 5.13. The van der Waals surface area contributed by atoms with E-state index in [1.807, 2.05) is 13.8 Å². The summed E-state index contributed by atoms with van der Waals surface area (Å²) in [4.78, 5) is 11.7. The highest BCUT2D eigenvalue weighted by molar-refractivity contribution is 5.76. The van der Waals surface area contributed by atoms with Crippen LogP contribution >= 0.6 is 0 Å². The van der Waals surface area contributed by atoms with Gasteiger partial charge in [-0.25, -0.2) is 0 Å². The van der Waals surface area contributed by atoms with Crippen LogP contribution in [0.15, 0.2) is 0 Å². The first kappa shape index (κ1) is 16.3. The average molecular weight is 277 g/mol. The molecule has 7 heteroatoms. The Balaban J connectivity index is 2.71. The fraction of sp³-hybridized carbons (Fsp3) is 0.917. The fourth-order valence-electron chi connectivity index (χ4n) is 2.05. The SMILES string of the molecule is CO[C@@H]1O[C@H](CO)[C@@H](O)[C@H](O)[C@H]1NC(=O)CC(C)C. The topological polar surface area (TPSA) is 108 Å². The summed E-state index contributed by atoms with van der Waals surface area (Å²) in [6, 6.07) is -0.867. The van der Waals surface area contributed by atoms with E-state index in [1.54, 1.807) is 0 Å². The smallest absolute Gasteiger partial charge is 0.220 e. The van der Waals surface area contributed by atoms with Crippen molar-refractivity contribution in [1.82, 2.24) is 5.32 Å². The number of aliphatic hydroxyl groups is 3. The van der Waals surface area contributed by atoms with Crippen molar-refractivity contribution in [3.63, 3.8) is 0 Å². The number of hydrogen-bond acceptors (Lipinski definition) is 6. The van der Waals surface area contributed by atoms with E-state index in [-0.39, 0.29) is 11.8 Å². The minimum absolute atomic E-state index is 0.178. The van der Waals surface area contributed by atoms with Crippen molar-refractivity contribution < 1.29 is 29.6 Å². The molecule has 1 saturated heterocycles. The first-order chi connectivity index (χ1) is 8.90. The van der Waals surface area contributed by atoms with E-state index in [9.17, 15) is 15.0 Å². The molecule has 5 atom stereocenters. The zero-order valence-corrected chi connectivity index (χ0v) is 11.4. The molecule has 112 valence electrons. The van der Waals surface area contributed by atoms with E-state index in [0.29, 0.717) is 6.42 Å². The molecular formula is C12H23NO6. The Morgan fingerprint density at radius 1 is 1.37 bits per heavy atom. The summed E-state index contributed by atoms with van der Waals surface area (Å²) in [5, 5.41) is 31.4. The fourth-order valence-corrected chi connectivity index (χ4v) is 2.05. The number of carbonyl (C=O) groups excluding carboxylic acids is 1. The highest BCUT2D eigenvalue weighted by atomic mass is 16.7. The third kappa shape index (κ3) is 4.12. The molecule has 1 aliphatic rings. The molecule has 4 N–H and O–H groups in total. The Labute approximate surface area is 112 Å². The normalized spacial score (nSPS) is 35.4. The Morgan fingerprint density at radius 2 is 2.00 bits per heavy atom. The zero-order valence-electron chi connectivity index (χ0n) is 11.4. The molecule has 0 saturated carbocycles. The highest BCUT2D eigenvalue weighted by Gasteiger charge is 2.45. The second-order valence-electron chi connectivity index (χ2n) is 5.13. The molecule has 1 heterocycles. The van der Waals surface area contributed by atoms with Crippen LogP contribution < -0.4 is 5.32 Å². The van der Waals surface area contributed by atoms with E-state index in [1.165, 1.54) is 7.11 Å². The van der Waals surface area contributed by atoms with Gasteiger partial charge in [0.05, 0.1) is 6.61 Å².